The molecule has 0 rings (SSSR count). The fraction of sp³-hybridized carbons (Fsp3) is 0.364. The number of hydrogen-bond donors (Lipinski definition) is 0. The summed E-state index contributed by atoms with van der Waals surface area (Å²) in [6.07, 6.45) is 6.44. The van der Waals surface area contributed by atoms with Crippen LogP contribution in [-0.2, 0) is 4.79 Å². The van der Waals surface area contributed by atoms with Crippen LogP contribution in [0.3, 0.4) is 0 Å². The first-order chi connectivity index (χ1) is 5.63. The van der Waals surface area contributed by atoms with Gasteiger partial charge in [-0.05, 0) is 50.5 Å². The van der Waals surface area contributed by atoms with E-state index in [1.165, 1.54) is 11.1 Å². The Labute approximate surface area is 74.5 Å². The quantitative estimate of drug-likeness (QED) is 0.356. The Morgan fingerprint density at radius 2 is 1.75 bits per heavy atom. The van der Waals surface area contributed by atoms with Crippen LogP contribution in [0.1, 0.15) is 27.7 Å². The molecule has 0 aromatic heterocycles. The third-order valence-corrected chi connectivity index (χ3v) is 1.92. The number of aldehydes is 1. The minimum Gasteiger partial charge on any atom is -0.299 e. The predicted molar refractivity (Wildman–Crippen MR) is 53.0 cm³/mol. The number of hydrogen-bond acceptors (Lipinski definition) is 1. The van der Waals surface area contributed by atoms with Crippen LogP contribution in [-0.4, -0.2) is 6.29 Å². The van der Waals surface area contributed by atoms with E-state index in [-0.39, 0.29) is 0 Å². The van der Waals surface area contributed by atoms with E-state index in [2.05, 4.69) is 0 Å². The highest BCUT2D eigenvalue weighted by Gasteiger charge is 1.94. The summed E-state index contributed by atoms with van der Waals surface area (Å²) in [7, 11) is 0. The Balaban J connectivity index is 4.76. The van der Waals surface area contributed by atoms with Crippen LogP contribution in [0.15, 0.2) is 34.9 Å². The first kappa shape index (κ1) is 10.9. The molecule has 0 atom stereocenters. The van der Waals surface area contributed by atoms with Crippen molar-refractivity contribution in [3.63, 3.8) is 0 Å². The molecule has 0 saturated carbocycles. The highest BCUT2D eigenvalue weighted by atomic mass is 16.1. The lowest BCUT2D eigenvalue weighted by Crippen LogP contribution is -1.84. The van der Waals surface area contributed by atoms with Crippen LogP contribution in [0, 0.1) is 0 Å². The summed E-state index contributed by atoms with van der Waals surface area (Å²) < 4.78 is 0. The van der Waals surface area contributed by atoms with Gasteiger partial charge in [0.15, 0.2) is 0 Å². The number of carbonyl (C=O) groups excluding carboxylic acids is 1. The van der Waals surface area contributed by atoms with Crippen molar-refractivity contribution < 1.29 is 4.79 Å². The van der Waals surface area contributed by atoms with Gasteiger partial charge in [-0.1, -0.05) is 12.2 Å². The van der Waals surface area contributed by atoms with Crippen LogP contribution in [0.25, 0.3) is 0 Å². The smallest absolute Gasteiger partial charge is 0.143 e. The zero-order valence-electron chi connectivity index (χ0n) is 8.22. The van der Waals surface area contributed by atoms with Gasteiger partial charge in [0.1, 0.15) is 6.29 Å². The maximum absolute atomic E-state index is 10.2. The molecule has 1 nitrogen and oxygen atoms in total. The Bertz CT molecular complexity index is 242. The minimum atomic E-state index is 0.821. The summed E-state index contributed by atoms with van der Waals surface area (Å²) in [6.45, 7) is 7.98. The van der Waals surface area contributed by atoms with Gasteiger partial charge in [-0.3, -0.25) is 4.79 Å². The molecule has 0 aliphatic rings. The van der Waals surface area contributed by atoms with Gasteiger partial charge in [-0.2, -0.15) is 0 Å². The molecule has 0 N–H and O–H groups in total. The zero-order valence-corrected chi connectivity index (χ0v) is 8.22. The number of allylic oxidation sites excluding steroid dienone is 6. The maximum Gasteiger partial charge on any atom is 0.143 e. The van der Waals surface area contributed by atoms with E-state index in [4.69, 9.17) is 0 Å². The molecule has 0 aromatic rings. The van der Waals surface area contributed by atoms with Gasteiger partial charge in [0.25, 0.3) is 0 Å². The molecule has 1 heteroatoms. The standard InChI is InChI=1S/C11H16O/c1-5-6-9(2)11(4)10(3)7-8-12/h5-8H,1-4H3/b6-5-,10-7+,11-9-. The summed E-state index contributed by atoms with van der Waals surface area (Å²) in [5.41, 5.74) is 3.40. The fourth-order valence-corrected chi connectivity index (χ4v) is 0.913. The number of carbonyl (C=O) groups is 1. The van der Waals surface area contributed by atoms with Crippen molar-refractivity contribution >= 4 is 6.29 Å². The minimum absolute atomic E-state index is 0.821. The lowest BCUT2D eigenvalue weighted by molar-refractivity contribution is -0.104. The Kier molecular flexibility index (Phi) is 5.02. The summed E-state index contributed by atoms with van der Waals surface area (Å²) in [4.78, 5) is 10.2. The van der Waals surface area contributed by atoms with E-state index < -0.39 is 0 Å². The third-order valence-electron chi connectivity index (χ3n) is 1.92. The summed E-state index contributed by atoms with van der Waals surface area (Å²) in [6, 6.07) is 0. The van der Waals surface area contributed by atoms with Crippen molar-refractivity contribution in [1.82, 2.24) is 0 Å². The Morgan fingerprint density at radius 1 is 1.17 bits per heavy atom. The van der Waals surface area contributed by atoms with Crippen LogP contribution >= 0.6 is 0 Å². The van der Waals surface area contributed by atoms with Crippen molar-refractivity contribution in [3.8, 4) is 0 Å². The SMILES string of the molecule is C\C=C/C(C)=C(C)\C(C)=C\C=O. The van der Waals surface area contributed by atoms with E-state index in [0.717, 1.165) is 11.9 Å². The highest BCUT2D eigenvalue weighted by molar-refractivity contribution is 5.68. The van der Waals surface area contributed by atoms with Crippen molar-refractivity contribution in [2.75, 3.05) is 0 Å². The molecule has 0 heterocycles. The van der Waals surface area contributed by atoms with Gasteiger partial charge in [0.05, 0.1) is 0 Å². The first-order valence-corrected chi connectivity index (χ1v) is 4.06. The molecule has 0 fully saturated rings. The van der Waals surface area contributed by atoms with Crippen LogP contribution < -0.4 is 0 Å². The molecule has 0 aromatic carbocycles. The van der Waals surface area contributed by atoms with Gasteiger partial charge in [-0.15, -0.1) is 0 Å². The van der Waals surface area contributed by atoms with E-state index in [0.29, 0.717) is 0 Å². The van der Waals surface area contributed by atoms with Crippen molar-refractivity contribution in [2.45, 2.75) is 27.7 Å². The number of rotatable bonds is 3. The van der Waals surface area contributed by atoms with E-state index in [9.17, 15) is 4.79 Å². The lowest BCUT2D eigenvalue weighted by Gasteiger charge is -2.02. The van der Waals surface area contributed by atoms with Crippen LogP contribution in [0.2, 0.25) is 0 Å². The molecule has 0 aliphatic heterocycles. The second-order valence-corrected chi connectivity index (χ2v) is 2.79. The lowest BCUT2D eigenvalue weighted by atomic mass is 10.0. The van der Waals surface area contributed by atoms with E-state index in [1.807, 2.05) is 39.8 Å². The second-order valence-electron chi connectivity index (χ2n) is 2.79. The summed E-state index contributed by atoms with van der Waals surface area (Å²) in [5, 5.41) is 0. The molecule has 0 radical (unpaired) electrons. The molecule has 0 saturated heterocycles. The molecule has 0 bridgehead atoms. The summed E-state index contributed by atoms with van der Waals surface area (Å²) >= 11 is 0. The van der Waals surface area contributed by atoms with Gasteiger partial charge in [-0.25, -0.2) is 0 Å². The molecule has 66 valence electrons. The van der Waals surface area contributed by atoms with E-state index >= 15 is 0 Å². The Hall–Kier alpha value is -1.11. The average Bonchev–Trinajstić information content (AvgIpc) is 2.04. The van der Waals surface area contributed by atoms with Crippen molar-refractivity contribution in [2.24, 2.45) is 0 Å². The molecule has 0 spiro atoms. The normalized spacial score (nSPS) is 14.8. The van der Waals surface area contributed by atoms with Gasteiger partial charge in [0.2, 0.25) is 0 Å². The van der Waals surface area contributed by atoms with Crippen molar-refractivity contribution in [3.05, 3.63) is 34.9 Å². The fourth-order valence-electron chi connectivity index (χ4n) is 0.913. The monoisotopic (exact) mass is 164 g/mol. The predicted octanol–water partition coefficient (Wildman–Crippen LogP) is 3.04. The molecular formula is C11H16O. The third kappa shape index (κ3) is 3.33. The molecule has 0 amide bonds. The molecule has 0 unspecified atom stereocenters. The van der Waals surface area contributed by atoms with Gasteiger partial charge >= 0.3 is 0 Å². The van der Waals surface area contributed by atoms with Crippen molar-refractivity contribution in [1.29, 1.82) is 0 Å². The first-order valence-electron chi connectivity index (χ1n) is 4.06. The van der Waals surface area contributed by atoms with Crippen LogP contribution in [0.4, 0.5) is 0 Å². The van der Waals surface area contributed by atoms with Gasteiger partial charge in [0, 0.05) is 0 Å². The van der Waals surface area contributed by atoms with Crippen LogP contribution in [0.5, 0.6) is 0 Å². The molecule has 12 heavy (non-hydrogen) atoms. The van der Waals surface area contributed by atoms with Gasteiger partial charge < -0.3 is 0 Å². The second kappa shape index (κ2) is 5.53. The largest absolute Gasteiger partial charge is 0.299 e. The summed E-state index contributed by atoms with van der Waals surface area (Å²) in [5.74, 6) is 0. The topological polar surface area (TPSA) is 17.1 Å². The van der Waals surface area contributed by atoms with E-state index in [1.54, 1.807) is 6.08 Å². The molecular weight excluding hydrogens is 148 g/mol. The highest BCUT2D eigenvalue weighted by Crippen LogP contribution is 2.13. The Morgan fingerprint density at radius 3 is 2.17 bits per heavy atom. The maximum atomic E-state index is 10.2. The molecule has 0 aliphatic carbocycles. The zero-order chi connectivity index (χ0) is 9.56. The average molecular weight is 164 g/mol.